The molecule has 0 bridgehead atoms. The number of hydrogen-bond donors (Lipinski definition) is 2. The Balaban J connectivity index is 2.79. The molecule has 0 aliphatic rings. The zero-order valence-corrected chi connectivity index (χ0v) is 15.0. The minimum atomic E-state index is -3.46. The van der Waals surface area contributed by atoms with E-state index in [1.54, 1.807) is 23.9 Å². The zero-order valence-electron chi connectivity index (χ0n) is 12.6. The average Bonchev–Trinajstić information content (AvgIpc) is 2.42. The number of halogens is 1. The van der Waals surface area contributed by atoms with Gasteiger partial charge in [0.15, 0.2) is 0 Å². The maximum absolute atomic E-state index is 12.2. The van der Waals surface area contributed by atoms with Gasteiger partial charge < -0.3 is 5.32 Å². The quantitative estimate of drug-likeness (QED) is 0.672. The van der Waals surface area contributed by atoms with E-state index in [2.05, 4.69) is 10.0 Å². The Bertz CT molecular complexity index is 548. The summed E-state index contributed by atoms with van der Waals surface area (Å²) >= 11 is 7.82. The predicted octanol–water partition coefficient (Wildman–Crippen LogP) is 2.87. The molecule has 21 heavy (non-hydrogen) atoms. The molecule has 4 nitrogen and oxygen atoms in total. The van der Waals surface area contributed by atoms with E-state index in [1.807, 2.05) is 20.1 Å². The Morgan fingerprint density at radius 2 is 2.05 bits per heavy atom. The van der Waals surface area contributed by atoms with Crippen LogP contribution in [-0.4, -0.2) is 33.0 Å². The van der Waals surface area contributed by atoms with Crippen molar-refractivity contribution in [1.29, 1.82) is 0 Å². The monoisotopic (exact) mass is 350 g/mol. The van der Waals surface area contributed by atoms with E-state index in [4.69, 9.17) is 11.6 Å². The van der Waals surface area contributed by atoms with Gasteiger partial charge in [0.2, 0.25) is 10.0 Å². The average molecular weight is 351 g/mol. The van der Waals surface area contributed by atoms with Gasteiger partial charge in [0, 0.05) is 24.2 Å². The summed E-state index contributed by atoms with van der Waals surface area (Å²) < 4.78 is 27.0. The van der Waals surface area contributed by atoms with Gasteiger partial charge in [-0.3, -0.25) is 0 Å². The maximum atomic E-state index is 12.2. The van der Waals surface area contributed by atoms with Gasteiger partial charge in [-0.05, 0) is 42.2 Å². The highest BCUT2D eigenvalue weighted by Crippen LogP contribution is 2.20. The van der Waals surface area contributed by atoms with Crippen LogP contribution in [0.4, 0.5) is 0 Å². The lowest BCUT2D eigenvalue weighted by molar-refractivity contribution is 0.578. The second kappa shape index (κ2) is 9.00. The first kappa shape index (κ1) is 18.8. The van der Waals surface area contributed by atoms with E-state index in [0.29, 0.717) is 24.2 Å². The lowest BCUT2D eigenvalue weighted by Crippen LogP contribution is -2.26. The minimum absolute atomic E-state index is 0.261. The van der Waals surface area contributed by atoms with Crippen LogP contribution in [0.1, 0.15) is 25.8 Å². The van der Waals surface area contributed by atoms with Crippen molar-refractivity contribution in [3.05, 3.63) is 28.8 Å². The van der Waals surface area contributed by atoms with Crippen LogP contribution in [0, 0.1) is 0 Å². The largest absolute Gasteiger partial charge is 0.310 e. The number of sulfonamides is 1. The Hall–Kier alpha value is -0.270. The number of hydrogen-bond acceptors (Lipinski definition) is 4. The SMILES string of the molecule is CSCCCNS(=O)(=O)c1ccc(Cl)c(CNC(C)C)c1. The van der Waals surface area contributed by atoms with E-state index in [0.717, 1.165) is 17.7 Å². The molecule has 7 heteroatoms. The van der Waals surface area contributed by atoms with Crippen molar-refractivity contribution in [1.82, 2.24) is 10.0 Å². The summed E-state index contributed by atoms with van der Waals surface area (Å²) in [5, 5.41) is 3.81. The topological polar surface area (TPSA) is 58.2 Å². The molecule has 0 fully saturated rings. The summed E-state index contributed by atoms with van der Waals surface area (Å²) in [7, 11) is -3.46. The lowest BCUT2D eigenvalue weighted by atomic mass is 10.2. The van der Waals surface area contributed by atoms with Crippen LogP contribution in [0.5, 0.6) is 0 Å². The van der Waals surface area contributed by atoms with E-state index in [-0.39, 0.29) is 4.90 Å². The summed E-state index contributed by atoms with van der Waals surface area (Å²) in [6.45, 7) is 5.06. The van der Waals surface area contributed by atoms with Gasteiger partial charge in [-0.25, -0.2) is 13.1 Å². The molecule has 0 unspecified atom stereocenters. The predicted molar refractivity (Wildman–Crippen MR) is 91.6 cm³/mol. The molecule has 0 heterocycles. The summed E-state index contributed by atoms with van der Waals surface area (Å²) in [4.78, 5) is 0.261. The van der Waals surface area contributed by atoms with E-state index in [9.17, 15) is 8.42 Å². The van der Waals surface area contributed by atoms with Crippen molar-refractivity contribution in [3.8, 4) is 0 Å². The van der Waals surface area contributed by atoms with Crippen molar-refractivity contribution in [2.24, 2.45) is 0 Å². The molecule has 0 aliphatic carbocycles. The third-order valence-corrected chi connectivity index (χ3v) is 5.37. The van der Waals surface area contributed by atoms with Crippen LogP contribution in [0.15, 0.2) is 23.1 Å². The van der Waals surface area contributed by atoms with Gasteiger partial charge in [-0.15, -0.1) is 0 Å². The molecule has 0 atom stereocenters. The summed E-state index contributed by atoms with van der Waals surface area (Å²) in [6, 6.07) is 5.12. The first-order chi connectivity index (χ1) is 9.86. The van der Waals surface area contributed by atoms with E-state index < -0.39 is 10.0 Å². The second-order valence-corrected chi connectivity index (χ2v) is 8.19. The van der Waals surface area contributed by atoms with Gasteiger partial charge in [-0.1, -0.05) is 25.4 Å². The Morgan fingerprint density at radius 3 is 2.67 bits per heavy atom. The van der Waals surface area contributed by atoms with Crippen LogP contribution in [0.3, 0.4) is 0 Å². The van der Waals surface area contributed by atoms with Crippen molar-refractivity contribution >= 4 is 33.4 Å². The molecule has 2 N–H and O–H groups in total. The first-order valence-corrected chi connectivity index (χ1v) is 10.1. The van der Waals surface area contributed by atoms with Gasteiger partial charge in [0.05, 0.1) is 4.90 Å². The van der Waals surface area contributed by atoms with Crippen LogP contribution >= 0.6 is 23.4 Å². The molecule has 0 aliphatic heterocycles. The van der Waals surface area contributed by atoms with Crippen LogP contribution < -0.4 is 10.0 Å². The standard InChI is InChI=1S/C14H23ClN2O2S2/c1-11(2)16-10-12-9-13(5-6-14(12)15)21(18,19)17-7-4-8-20-3/h5-6,9,11,16-17H,4,7-8,10H2,1-3H3. The van der Waals surface area contributed by atoms with Gasteiger partial charge in [-0.2, -0.15) is 11.8 Å². The smallest absolute Gasteiger partial charge is 0.240 e. The number of rotatable bonds is 9. The molecule has 1 aromatic carbocycles. The summed E-state index contributed by atoms with van der Waals surface area (Å²) in [5.41, 5.74) is 0.789. The normalized spacial score (nSPS) is 12.0. The van der Waals surface area contributed by atoms with Crippen molar-refractivity contribution < 1.29 is 8.42 Å². The van der Waals surface area contributed by atoms with Crippen LogP contribution in [-0.2, 0) is 16.6 Å². The molecule has 1 aromatic rings. The van der Waals surface area contributed by atoms with Crippen LogP contribution in [0.2, 0.25) is 5.02 Å². The number of benzene rings is 1. The van der Waals surface area contributed by atoms with Crippen molar-refractivity contribution in [2.45, 2.75) is 37.8 Å². The van der Waals surface area contributed by atoms with Gasteiger partial charge in [0.25, 0.3) is 0 Å². The molecule has 0 aromatic heterocycles. The Morgan fingerprint density at radius 1 is 1.33 bits per heavy atom. The number of nitrogens with one attached hydrogen (secondary N) is 2. The fraction of sp³-hybridized carbons (Fsp3) is 0.571. The summed E-state index contributed by atoms with van der Waals surface area (Å²) in [6.07, 6.45) is 2.82. The van der Waals surface area contributed by atoms with Crippen molar-refractivity contribution in [2.75, 3.05) is 18.6 Å². The molecule has 120 valence electrons. The van der Waals surface area contributed by atoms with Crippen LogP contribution in [0.25, 0.3) is 0 Å². The lowest BCUT2D eigenvalue weighted by Gasteiger charge is -2.12. The van der Waals surface area contributed by atoms with Gasteiger partial charge in [0.1, 0.15) is 0 Å². The third kappa shape index (κ3) is 6.57. The maximum Gasteiger partial charge on any atom is 0.240 e. The van der Waals surface area contributed by atoms with E-state index in [1.165, 1.54) is 6.07 Å². The molecule has 0 amide bonds. The van der Waals surface area contributed by atoms with E-state index >= 15 is 0 Å². The fourth-order valence-corrected chi connectivity index (χ4v) is 3.42. The minimum Gasteiger partial charge on any atom is -0.310 e. The molecule has 0 saturated heterocycles. The summed E-state index contributed by atoms with van der Waals surface area (Å²) in [5.74, 6) is 0.937. The molecular weight excluding hydrogens is 328 g/mol. The third-order valence-electron chi connectivity index (χ3n) is 2.85. The Kier molecular flexibility index (Phi) is 8.05. The molecule has 0 saturated carbocycles. The first-order valence-electron chi connectivity index (χ1n) is 6.87. The molecule has 0 spiro atoms. The van der Waals surface area contributed by atoms with Gasteiger partial charge >= 0.3 is 0 Å². The highest BCUT2D eigenvalue weighted by Gasteiger charge is 2.15. The second-order valence-electron chi connectivity index (χ2n) is 5.03. The highest BCUT2D eigenvalue weighted by molar-refractivity contribution is 7.98. The fourth-order valence-electron chi connectivity index (χ4n) is 1.67. The highest BCUT2D eigenvalue weighted by atomic mass is 35.5. The molecule has 1 rings (SSSR count). The number of thioether (sulfide) groups is 1. The zero-order chi connectivity index (χ0) is 15.9. The molecule has 0 radical (unpaired) electrons. The Labute approximate surface area is 137 Å². The molecular formula is C14H23ClN2O2S2. The van der Waals surface area contributed by atoms with Crippen molar-refractivity contribution in [3.63, 3.8) is 0 Å².